The number of carbonyl (C=O) groups excluding carboxylic acids is 1. The van der Waals surface area contributed by atoms with Crippen LogP contribution in [0.15, 0.2) is 24.4 Å². The van der Waals surface area contributed by atoms with Crippen LogP contribution in [0.3, 0.4) is 0 Å². The molecule has 1 unspecified atom stereocenters. The molecule has 3 aromatic heterocycles. The Labute approximate surface area is 191 Å². The van der Waals surface area contributed by atoms with Crippen molar-refractivity contribution in [1.29, 1.82) is 0 Å². The molecular formula is C20H21ClF3N7O2. The Kier molecular flexibility index (Phi) is 5.61. The van der Waals surface area contributed by atoms with E-state index < -0.39 is 24.2 Å². The molecule has 2 amide bonds. The van der Waals surface area contributed by atoms with Crippen molar-refractivity contribution in [1.82, 2.24) is 19.6 Å². The van der Waals surface area contributed by atoms with E-state index in [4.69, 9.17) is 22.1 Å². The van der Waals surface area contributed by atoms with Gasteiger partial charge in [0, 0.05) is 36.1 Å². The summed E-state index contributed by atoms with van der Waals surface area (Å²) in [6, 6.07) is 3.40. The standard InChI is InChI=1S/C20H21ClF3N7O2/c1-10(25)8-33-16-5-12(4-11(2)27-16)28-18(32)30-9-19(3,20(22,23)24)17-13(30)7-26-15-6-14(21)29-31(15)17/h4-7,10H,8-9,25H2,1-3H3,(H,27,28,32)/t10-,19?/m0/s1. The molecule has 0 spiro atoms. The summed E-state index contributed by atoms with van der Waals surface area (Å²) < 4.78 is 49.1. The zero-order chi connectivity index (χ0) is 24.1. The first-order chi connectivity index (χ1) is 15.4. The predicted molar refractivity (Wildman–Crippen MR) is 116 cm³/mol. The Hall–Kier alpha value is -3.12. The van der Waals surface area contributed by atoms with E-state index in [1.54, 1.807) is 19.9 Å². The number of hydrogen-bond donors (Lipinski definition) is 2. The zero-order valence-corrected chi connectivity index (χ0v) is 18.7. The molecule has 1 aliphatic rings. The fourth-order valence-corrected chi connectivity index (χ4v) is 3.86. The lowest BCUT2D eigenvalue weighted by Gasteiger charge is -2.28. The number of hydrogen-bond acceptors (Lipinski definition) is 6. The van der Waals surface area contributed by atoms with Crippen molar-refractivity contribution >= 4 is 34.7 Å². The maximum Gasteiger partial charge on any atom is 0.401 e. The molecule has 0 fully saturated rings. The summed E-state index contributed by atoms with van der Waals surface area (Å²) in [6.45, 7) is 4.03. The summed E-state index contributed by atoms with van der Waals surface area (Å²) in [5.74, 6) is 0.235. The molecule has 0 aliphatic carbocycles. The number of halogens is 4. The number of fused-ring (bicyclic) bond motifs is 3. The topological polar surface area (TPSA) is 111 Å². The van der Waals surface area contributed by atoms with Crippen molar-refractivity contribution in [2.24, 2.45) is 5.73 Å². The van der Waals surface area contributed by atoms with Gasteiger partial charge >= 0.3 is 12.2 Å². The van der Waals surface area contributed by atoms with E-state index in [1.165, 1.54) is 18.3 Å². The van der Waals surface area contributed by atoms with Gasteiger partial charge < -0.3 is 15.8 Å². The van der Waals surface area contributed by atoms with Gasteiger partial charge in [-0.05, 0) is 26.8 Å². The van der Waals surface area contributed by atoms with Gasteiger partial charge in [-0.1, -0.05) is 11.6 Å². The van der Waals surface area contributed by atoms with E-state index in [0.717, 1.165) is 16.3 Å². The number of nitrogens with zero attached hydrogens (tertiary/aromatic N) is 5. The van der Waals surface area contributed by atoms with E-state index >= 15 is 0 Å². The van der Waals surface area contributed by atoms with Crippen molar-refractivity contribution in [3.63, 3.8) is 0 Å². The van der Waals surface area contributed by atoms with Crippen LogP contribution in [-0.2, 0) is 5.41 Å². The van der Waals surface area contributed by atoms with Crippen LogP contribution in [0.1, 0.15) is 25.2 Å². The number of nitrogens with one attached hydrogen (secondary N) is 1. The van der Waals surface area contributed by atoms with E-state index in [1.807, 2.05) is 0 Å². The zero-order valence-electron chi connectivity index (χ0n) is 17.9. The van der Waals surface area contributed by atoms with Gasteiger partial charge in [-0.3, -0.25) is 4.90 Å². The second kappa shape index (κ2) is 8.03. The number of urea groups is 1. The highest BCUT2D eigenvalue weighted by Gasteiger charge is 2.60. The molecule has 2 atom stereocenters. The predicted octanol–water partition coefficient (Wildman–Crippen LogP) is 3.68. The number of aryl methyl sites for hydroxylation is 1. The smallest absolute Gasteiger partial charge is 0.401 e. The molecule has 1 aliphatic heterocycles. The lowest BCUT2D eigenvalue weighted by molar-refractivity contribution is -0.181. The van der Waals surface area contributed by atoms with Gasteiger partial charge in [-0.15, -0.1) is 0 Å². The number of ether oxygens (including phenoxy) is 1. The van der Waals surface area contributed by atoms with Gasteiger partial charge in [0.1, 0.15) is 12.0 Å². The van der Waals surface area contributed by atoms with E-state index in [9.17, 15) is 18.0 Å². The summed E-state index contributed by atoms with van der Waals surface area (Å²) >= 11 is 5.90. The molecular weight excluding hydrogens is 463 g/mol. The molecule has 4 rings (SSSR count). The molecule has 0 aromatic carbocycles. The first-order valence-corrected chi connectivity index (χ1v) is 10.3. The normalized spacial score (nSPS) is 19.0. The number of alkyl halides is 3. The van der Waals surface area contributed by atoms with Crippen LogP contribution in [0, 0.1) is 6.92 Å². The van der Waals surface area contributed by atoms with Crippen LogP contribution in [0.25, 0.3) is 5.65 Å². The Morgan fingerprint density at radius 3 is 2.79 bits per heavy atom. The Morgan fingerprint density at radius 2 is 2.12 bits per heavy atom. The molecule has 9 nitrogen and oxygen atoms in total. The first kappa shape index (κ1) is 23.1. The van der Waals surface area contributed by atoms with E-state index in [-0.39, 0.29) is 40.7 Å². The third-order valence-corrected chi connectivity index (χ3v) is 5.45. The van der Waals surface area contributed by atoms with Crippen molar-refractivity contribution in [2.75, 3.05) is 23.4 Å². The van der Waals surface area contributed by atoms with Gasteiger partial charge in [-0.2, -0.15) is 18.3 Å². The number of aromatic nitrogens is 4. The molecule has 0 bridgehead atoms. The number of pyridine rings is 1. The maximum absolute atomic E-state index is 14.2. The molecule has 13 heteroatoms. The minimum absolute atomic E-state index is 0.00471. The average Bonchev–Trinajstić information content (AvgIpc) is 3.23. The summed E-state index contributed by atoms with van der Waals surface area (Å²) in [6.07, 6.45) is -3.45. The molecule has 4 heterocycles. The summed E-state index contributed by atoms with van der Waals surface area (Å²) in [5, 5.41) is 6.57. The SMILES string of the molecule is Cc1cc(NC(=O)N2CC(C)(C(F)(F)F)c3c2cnc2cc(Cl)nn32)cc(OC[C@H](C)N)n1. The first-order valence-electron chi connectivity index (χ1n) is 9.96. The number of carbonyl (C=O) groups is 1. The van der Waals surface area contributed by atoms with Crippen LogP contribution in [0.5, 0.6) is 5.88 Å². The largest absolute Gasteiger partial charge is 0.476 e. The number of rotatable bonds is 4. The highest BCUT2D eigenvalue weighted by atomic mass is 35.5. The van der Waals surface area contributed by atoms with Crippen LogP contribution in [0.4, 0.5) is 29.3 Å². The van der Waals surface area contributed by atoms with E-state index in [2.05, 4.69) is 20.4 Å². The third-order valence-electron chi connectivity index (χ3n) is 5.27. The van der Waals surface area contributed by atoms with Crippen LogP contribution in [0.2, 0.25) is 5.15 Å². The molecule has 33 heavy (non-hydrogen) atoms. The Morgan fingerprint density at radius 1 is 1.39 bits per heavy atom. The highest BCUT2D eigenvalue weighted by molar-refractivity contribution is 6.29. The third kappa shape index (κ3) is 4.15. The lowest BCUT2D eigenvalue weighted by Crippen LogP contribution is -2.46. The van der Waals surface area contributed by atoms with Gasteiger partial charge in [0.2, 0.25) is 5.88 Å². The molecule has 0 radical (unpaired) electrons. The minimum Gasteiger partial charge on any atom is -0.476 e. The summed E-state index contributed by atoms with van der Waals surface area (Å²) in [5.41, 5.74) is 4.07. The van der Waals surface area contributed by atoms with Gasteiger partial charge in [0.25, 0.3) is 0 Å². The molecule has 176 valence electrons. The monoisotopic (exact) mass is 483 g/mol. The molecule has 3 aromatic rings. The fourth-order valence-electron chi connectivity index (χ4n) is 3.68. The highest BCUT2D eigenvalue weighted by Crippen LogP contribution is 2.50. The summed E-state index contributed by atoms with van der Waals surface area (Å²) in [4.78, 5) is 22.4. The summed E-state index contributed by atoms with van der Waals surface area (Å²) in [7, 11) is 0. The van der Waals surface area contributed by atoms with Gasteiger partial charge in [0.05, 0.1) is 17.6 Å². The second-order valence-electron chi connectivity index (χ2n) is 8.20. The van der Waals surface area contributed by atoms with Gasteiger partial charge in [-0.25, -0.2) is 19.3 Å². The minimum atomic E-state index is -4.67. The van der Waals surface area contributed by atoms with Crippen molar-refractivity contribution in [3.8, 4) is 5.88 Å². The average molecular weight is 484 g/mol. The number of nitrogens with two attached hydrogens (primary N) is 1. The molecule has 0 saturated heterocycles. The Balaban J connectivity index is 1.70. The van der Waals surface area contributed by atoms with Crippen LogP contribution < -0.4 is 20.7 Å². The van der Waals surface area contributed by atoms with E-state index in [0.29, 0.717) is 11.4 Å². The van der Waals surface area contributed by atoms with Crippen molar-refractivity contribution in [2.45, 2.75) is 38.4 Å². The number of anilines is 2. The van der Waals surface area contributed by atoms with Crippen LogP contribution >= 0.6 is 11.6 Å². The quantitative estimate of drug-likeness (QED) is 0.585. The molecule has 3 N–H and O–H groups in total. The second-order valence-corrected chi connectivity index (χ2v) is 8.59. The Bertz CT molecular complexity index is 1230. The number of amides is 2. The van der Waals surface area contributed by atoms with Crippen molar-refractivity contribution < 1.29 is 22.7 Å². The lowest BCUT2D eigenvalue weighted by atomic mass is 9.88. The fraction of sp³-hybridized carbons (Fsp3) is 0.400. The van der Waals surface area contributed by atoms with Gasteiger partial charge in [0.15, 0.2) is 10.8 Å². The van der Waals surface area contributed by atoms with Crippen LogP contribution in [-0.4, -0.2) is 51.0 Å². The van der Waals surface area contributed by atoms with Crippen molar-refractivity contribution in [3.05, 3.63) is 40.9 Å². The maximum atomic E-state index is 14.2. The molecule has 0 saturated carbocycles.